The van der Waals surface area contributed by atoms with Crippen molar-refractivity contribution in [2.75, 3.05) is 37.9 Å². The molecule has 1 fully saturated rings. The number of carboxylic acid groups (broad SMARTS) is 1. The van der Waals surface area contributed by atoms with Crippen LogP contribution < -0.4 is 5.01 Å². The molecule has 10 heteroatoms. The van der Waals surface area contributed by atoms with Crippen molar-refractivity contribution < 1.29 is 23.1 Å². The van der Waals surface area contributed by atoms with Crippen molar-refractivity contribution in [3.63, 3.8) is 0 Å². The van der Waals surface area contributed by atoms with Crippen molar-refractivity contribution in [2.24, 2.45) is 5.29 Å². The third kappa shape index (κ3) is 3.59. The first-order valence-corrected chi connectivity index (χ1v) is 7.89. The lowest BCUT2D eigenvalue weighted by atomic mass is 10.3. The Morgan fingerprint density at radius 3 is 2.36 bits per heavy atom. The Bertz CT molecular complexity index is 639. The van der Waals surface area contributed by atoms with E-state index in [0.29, 0.717) is 13.2 Å². The lowest BCUT2D eigenvalue weighted by molar-refractivity contribution is -0.135. The van der Waals surface area contributed by atoms with Crippen LogP contribution in [0.4, 0.5) is 5.69 Å². The summed E-state index contributed by atoms with van der Waals surface area (Å²) >= 11 is 0. The van der Waals surface area contributed by atoms with E-state index in [4.69, 9.17) is 9.84 Å². The maximum absolute atomic E-state index is 12.4. The van der Waals surface area contributed by atoms with Crippen LogP contribution >= 0.6 is 0 Å². The van der Waals surface area contributed by atoms with Crippen molar-refractivity contribution >= 4 is 21.7 Å². The molecule has 0 bridgehead atoms. The van der Waals surface area contributed by atoms with E-state index in [-0.39, 0.29) is 23.7 Å². The minimum absolute atomic E-state index is 0.0688. The number of sulfonamides is 1. The Balaban J connectivity index is 2.20. The Morgan fingerprint density at radius 2 is 1.86 bits per heavy atom. The number of carboxylic acids is 1. The SMILES string of the molecule is O=NN(CC(=O)O)c1ccc(S(=O)(=O)N2CCOCC2)cc1. The molecule has 0 radical (unpaired) electrons. The predicted octanol–water partition coefficient (Wildman–Crippen LogP) is 0.280. The number of rotatable bonds is 6. The lowest BCUT2D eigenvalue weighted by Gasteiger charge is -2.26. The Labute approximate surface area is 127 Å². The molecule has 0 spiro atoms. The van der Waals surface area contributed by atoms with Crippen LogP contribution in [-0.2, 0) is 19.6 Å². The van der Waals surface area contributed by atoms with E-state index in [1.807, 2.05) is 0 Å². The molecule has 1 aliphatic heterocycles. The summed E-state index contributed by atoms with van der Waals surface area (Å²) in [4.78, 5) is 21.3. The first-order chi connectivity index (χ1) is 10.4. The van der Waals surface area contributed by atoms with Crippen LogP contribution in [0.25, 0.3) is 0 Å². The van der Waals surface area contributed by atoms with Gasteiger partial charge in [0.2, 0.25) is 10.0 Å². The summed E-state index contributed by atoms with van der Waals surface area (Å²) < 4.78 is 31.2. The average Bonchev–Trinajstić information content (AvgIpc) is 2.53. The average molecular weight is 329 g/mol. The summed E-state index contributed by atoms with van der Waals surface area (Å²) in [6, 6.07) is 5.33. The summed E-state index contributed by atoms with van der Waals surface area (Å²) in [5.74, 6) is -1.22. The van der Waals surface area contributed by atoms with Gasteiger partial charge < -0.3 is 9.84 Å². The second-order valence-corrected chi connectivity index (χ2v) is 6.48. The molecule has 1 saturated heterocycles. The monoisotopic (exact) mass is 329 g/mol. The standard InChI is InChI=1S/C12H15N3O6S/c16-12(17)9-15(13-18)10-1-3-11(4-2-10)22(19,20)14-5-7-21-8-6-14/h1-4H,5-9H2,(H,16,17). The minimum atomic E-state index is -3.62. The van der Waals surface area contributed by atoms with E-state index in [0.717, 1.165) is 5.01 Å². The van der Waals surface area contributed by atoms with E-state index in [2.05, 4.69) is 5.29 Å². The topological polar surface area (TPSA) is 117 Å². The molecule has 1 heterocycles. The van der Waals surface area contributed by atoms with Crippen LogP contribution in [0, 0.1) is 4.91 Å². The summed E-state index contributed by atoms with van der Waals surface area (Å²) in [5, 5.41) is 12.0. The third-order valence-electron chi connectivity index (χ3n) is 3.13. The fourth-order valence-electron chi connectivity index (χ4n) is 2.02. The normalized spacial score (nSPS) is 16.2. The van der Waals surface area contributed by atoms with Crippen molar-refractivity contribution in [3.05, 3.63) is 29.2 Å². The number of morpholine rings is 1. The van der Waals surface area contributed by atoms with Gasteiger partial charge in [0.1, 0.15) is 6.54 Å². The van der Waals surface area contributed by atoms with Gasteiger partial charge in [0, 0.05) is 13.1 Å². The quantitative estimate of drug-likeness (QED) is 0.588. The van der Waals surface area contributed by atoms with E-state index in [1.165, 1.54) is 28.6 Å². The van der Waals surface area contributed by atoms with Crippen molar-refractivity contribution in [1.29, 1.82) is 0 Å². The molecule has 9 nitrogen and oxygen atoms in total. The highest BCUT2D eigenvalue weighted by Crippen LogP contribution is 2.21. The van der Waals surface area contributed by atoms with Crippen molar-refractivity contribution in [1.82, 2.24) is 4.31 Å². The Morgan fingerprint density at radius 1 is 1.27 bits per heavy atom. The maximum Gasteiger partial charge on any atom is 0.325 e. The minimum Gasteiger partial charge on any atom is -0.480 e. The van der Waals surface area contributed by atoms with Crippen LogP contribution in [0.3, 0.4) is 0 Å². The van der Waals surface area contributed by atoms with E-state index in [9.17, 15) is 18.1 Å². The van der Waals surface area contributed by atoms with Gasteiger partial charge >= 0.3 is 5.97 Å². The van der Waals surface area contributed by atoms with Crippen LogP contribution in [0.1, 0.15) is 0 Å². The van der Waals surface area contributed by atoms with Gasteiger partial charge in [-0.25, -0.2) is 13.4 Å². The van der Waals surface area contributed by atoms with E-state index in [1.54, 1.807) is 0 Å². The highest BCUT2D eigenvalue weighted by Gasteiger charge is 2.26. The molecule has 1 aliphatic rings. The van der Waals surface area contributed by atoms with Gasteiger partial charge in [-0.3, -0.25) is 4.79 Å². The number of ether oxygens (including phenoxy) is 1. The largest absolute Gasteiger partial charge is 0.480 e. The Hall–Kier alpha value is -2.04. The van der Waals surface area contributed by atoms with Crippen LogP contribution in [0.5, 0.6) is 0 Å². The molecule has 0 saturated carbocycles. The Kier molecular flexibility index (Phi) is 5.06. The third-order valence-corrected chi connectivity index (χ3v) is 5.04. The van der Waals surface area contributed by atoms with Crippen LogP contribution in [-0.4, -0.2) is 56.6 Å². The van der Waals surface area contributed by atoms with E-state index < -0.39 is 22.5 Å². The molecular formula is C12H15N3O6S. The molecule has 120 valence electrons. The van der Waals surface area contributed by atoms with Crippen molar-refractivity contribution in [2.45, 2.75) is 4.90 Å². The number of aliphatic carboxylic acids is 1. The van der Waals surface area contributed by atoms with Gasteiger partial charge in [0.15, 0.2) is 0 Å². The number of hydrogen-bond donors (Lipinski definition) is 1. The maximum atomic E-state index is 12.4. The summed E-state index contributed by atoms with van der Waals surface area (Å²) in [5.41, 5.74) is 0.207. The second kappa shape index (κ2) is 6.81. The van der Waals surface area contributed by atoms with E-state index >= 15 is 0 Å². The number of nitrogens with zero attached hydrogens (tertiary/aromatic N) is 3. The number of carbonyl (C=O) groups is 1. The zero-order valence-electron chi connectivity index (χ0n) is 11.6. The predicted molar refractivity (Wildman–Crippen MR) is 76.8 cm³/mol. The number of anilines is 1. The molecule has 1 N–H and O–H groups in total. The summed E-state index contributed by atoms with van der Waals surface area (Å²) in [6.45, 7) is 0.660. The van der Waals surface area contributed by atoms with Gasteiger partial charge in [-0.2, -0.15) is 4.31 Å². The smallest absolute Gasteiger partial charge is 0.325 e. The van der Waals surface area contributed by atoms with Gasteiger partial charge in [0.25, 0.3) is 0 Å². The first kappa shape index (κ1) is 16.3. The van der Waals surface area contributed by atoms with Gasteiger partial charge in [-0.15, -0.1) is 4.91 Å². The van der Waals surface area contributed by atoms with Crippen LogP contribution in [0.2, 0.25) is 0 Å². The van der Waals surface area contributed by atoms with Crippen LogP contribution in [0.15, 0.2) is 34.4 Å². The zero-order valence-corrected chi connectivity index (χ0v) is 12.4. The van der Waals surface area contributed by atoms with Gasteiger partial charge in [0.05, 0.1) is 29.1 Å². The van der Waals surface area contributed by atoms with Gasteiger partial charge in [-0.05, 0) is 24.3 Å². The molecule has 2 rings (SSSR count). The fourth-order valence-corrected chi connectivity index (χ4v) is 3.43. The second-order valence-electron chi connectivity index (χ2n) is 4.54. The number of hydrogen-bond acceptors (Lipinski definition) is 6. The highest BCUT2D eigenvalue weighted by molar-refractivity contribution is 7.89. The molecular weight excluding hydrogens is 314 g/mol. The highest BCUT2D eigenvalue weighted by atomic mass is 32.2. The number of benzene rings is 1. The summed E-state index contributed by atoms with van der Waals surface area (Å²) in [7, 11) is -3.62. The van der Waals surface area contributed by atoms with Gasteiger partial charge in [-0.1, -0.05) is 0 Å². The molecule has 1 aromatic rings. The molecule has 22 heavy (non-hydrogen) atoms. The fraction of sp³-hybridized carbons (Fsp3) is 0.417. The molecule has 0 atom stereocenters. The zero-order chi connectivity index (χ0) is 16.2. The number of nitroso groups, excluding NO2 is 1. The molecule has 0 amide bonds. The molecule has 0 aliphatic carbocycles. The molecule has 0 unspecified atom stereocenters. The lowest BCUT2D eigenvalue weighted by Crippen LogP contribution is -2.40. The first-order valence-electron chi connectivity index (χ1n) is 6.45. The summed E-state index contributed by atoms with van der Waals surface area (Å²) in [6.07, 6.45) is 0. The molecule has 0 aromatic heterocycles. The van der Waals surface area contributed by atoms with Crippen molar-refractivity contribution in [3.8, 4) is 0 Å². The molecule has 1 aromatic carbocycles.